The maximum Gasteiger partial charge on any atom is 0.329 e. The van der Waals surface area contributed by atoms with Gasteiger partial charge in [0.05, 0.1) is 11.9 Å². The molecule has 0 saturated carbocycles. The molecule has 102 valence electrons. The first-order valence-corrected chi connectivity index (χ1v) is 7.08. The third-order valence-electron chi connectivity index (χ3n) is 2.18. The average Bonchev–Trinajstić information content (AvgIpc) is 2.87. The normalized spacial score (nSPS) is 10.7. The van der Waals surface area contributed by atoms with Gasteiger partial charge in [-0.15, -0.1) is 11.3 Å². The second-order valence-corrected chi connectivity index (χ2v) is 5.43. The van der Waals surface area contributed by atoms with Crippen molar-refractivity contribution >= 4 is 45.3 Å². The molecular formula is C12H9BrN4O2S. The van der Waals surface area contributed by atoms with E-state index in [1.54, 1.807) is 5.38 Å². The van der Waals surface area contributed by atoms with Crippen LogP contribution in [0, 0.1) is 0 Å². The van der Waals surface area contributed by atoms with E-state index >= 15 is 0 Å². The Hall–Kier alpha value is -2.06. The van der Waals surface area contributed by atoms with Crippen LogP contribution in [0.15, 0.2) is 39.2 Å². The van der Waals surface area contributed by atoms with Crippen LogP contribution in [0.1, 0.15) is 5.69 Å². The lowest BCUT2D eigenvalue weighted by Gasteiger charge is -1.96. The van der Waals surface area contributed by atoms with Crippen LogP contribution >= 0.6 is 27.3 Å². The zero-order chi connectivity index (χ0) is 14.5. The minimum absolute atomic E-state index is 0.578. The SMILES string of the molecule is NC(=O)C(=O)N/N=C\c1csc(-c2cccc(Br)c2)n1. The van der Waals surface area contributed by atoms with Crippen molar-refractivity contribution in [2.45, 2.75) is 0 Å². The highest BCUT2D eigenvalue weighted by atomic mass is 79.9. The van der Waals surface area contributed by atoms with Crippen molar-refractivity contribution in [1.82, 2.24) is 10.4 Å². The molecular weight excluding hydrogens is 344 g/mol. The molecule has 0 aliphatic heterocycles. The Morgan fingerprint density at radius 1 is 1.45 bits per heavy atom. The van der Waals surface area contributed by atoms with Crippen molar-refractivity contribution in [1.29, 1.82) is 0 Å². The largest absolute Gasteiger partial charge is 0.361 e. The number of carbonyl (C=O) groups is 2. The minimum Gasteiger partial charge on any atom is -0.361 e. The second-order valence-electron chi connectivity index (χ2n) is 3.65. The number of primary amides is 1. The Bertz CT molecular complexity index is 684. The number of hydrogen-bond acceptors (Lipinski definition) is 5. The Balaban J connectivity index is 2.08. The molecule has 0 aliphatic carbocycles. The highest BCUT2D eigenvalue weighted by Crippen LogP contribution is 2.25. The molecule has 2 rings (SSSR count). The quantitative estimate of drug-likeness (QED) is 0.497. The third-order valence-corrected chi connectivity index (χ3v) is 3.58. The van der Waals surface area contributed by atoms with E-state index in [-0.39, 0.29) is 0 Å². The Labute approximate surface area is 126 Å². The molecule has 0 bridgehead atoms. The zero-order valence-corrected chi connectivity index (χ0v) is 12.4. The van der Waals surface area contributed by atoms with E-state index in [4.69, 9.17) is 5.73 Å². The van der Waals surface area contributed by atoms with Crippen LogP contribution in [0.2, 0.25) is 0 Å². The molecule has 2 aromatic rings. The predicted molar refractivity (Wildman–Crippen MR) is 80.2 cm³/mol. The fraction of sp³-hybridized carbons (Fsp3) is 0. The highest BCUT2D eigenvalue weighted by Gasteiger charge is 2.06. The summed E-state index contributed by atoms with van der Waals surface area (Å²) in [5.74, 6) is -2.06. The van der Waals surface area contributed by atoms with Crippen molar-refractivity contribution in [3.63, 3.8) is 0 Å². The molecule has 0 unspecified atom stereocenters. The summed E-state index contributed by atoms with van der Waals surface area (Å²) in [5, 5.41) is 6.21. The molecule has 20 heavy (non-hydrogen) atoms. The van der Waals surface area contributed by atoms with Gasteiger partial charge in [0, 0.05) is 15.4 Å². The fourth-order valence-corrected chi connectivity index (χ4v) is 2.48. The summed E-state index contributed by atoms with van der Waals surface area (Å²) in [5.41, 5.74) is 8.32. The number of hydrazone groups is 1. The molecule has 0 atom stereocenters. The summed E-state index contributed by atoms with van der Waals surface area (Å²) in [6.07, 6.45) is 1.35. The van der Waals surface area contributed by atoms with E-state index < -0.39 is 11.8 Å². The molecule has 6 nitrogen and oxygen atoms in total. The first-order valence-electron chi connectivity index (χ1n) is 5.40. The van der Waals surface area contributed by atoms with Gasteiger partial charge >= 0.3 is 11.8 Å². The van der Waals surface area contributed by atoms with Crippen LogP contribution in [0.25, 0.3) is 10.6 Å². The number of thiazole rings is 1. The van der Waals surface area contributed by atoms with Gasteiger partial charge in [-0.3, -0.25) is 9.59 Å². The van der Waals surface area contributed by atoms with E-state index in [2.05, 4.69) is 26.0 Å². The molecule has 1 aromatic carbocycles. The van der Waals surface area contributed by atoms with Gasteiger partial charge in [-0.2, -0.15) is 5.10 Å². The van der Waals surface area contributed by atoms with E-state index in [0.29, 0.717) is 5.69 Å². The van der Waals surface area contributed by atoms with Gasteiger partial charge < -0.3 is 5.73 Å². The number of halogens is 1. The van der Waals surface area contributed by atoms with E-state index in [1.165, 1.54) is 17.6 Å². The Morgan fingerprint density at radius 3 is 2.95 bits per heavy atom. The van der Waals surface area contributed by atoms with E-state index in [1.807, 2.05) is 29.7 Å². The maximum atomic E-state index is 10.9. The minimum atomic E-state index is -1.09. The van der Waals surface area contributed by atoms with Gasteiger partial charge in [-0.05, 0) is 12.1 Å². The van der Waals surface area contributed by atoms with E-state index in [9.17, 15) is 9.59 Å². The highest BCUT2D eigenvalue weighted by molar-refractivity contribution is 9.10. The van der Waals surface area contributed by atoms with Crippen LogP contribution < -0.4 is 11.2 Å². The van der Waals surface area contributed by atoms with Crippen molar-refractivity contribution in [2.24, 2.45) is 10.8 Å². The first kappa shape index (κ1) is 14.4. The van der Waals surface area contributed by atoms with E-state index in [0.717, 1.165) is 15.0 Å². The number of aromatic nitrogens is 1. The number of nitrogens with one attached hydrogen (secondary N) is 1. The summed E-state index contributed by atoms with van der Waals surface area (Å²) in [7, 11) is 0. The van der Waals surface area contributed by atoms with Crippen LogP contribution in [-0.4, -0.2) is 23.0 Å². The van der Waals surface area contributed by atoms with Crippen LogP contribution in [0.3, 0.4) is 0 Å². The monoisotopic (exact) mass is 352 g/mol. The lowest BCUT2D eigenvalue weighted by molar-refractivity contribution is -0.137. The number of rotatable bonds is 3. The fourth-order valence-electron chi connectivity index (χ4n) is 1.31. The third kappa shape index (κ3) is 3.72. The molecule has 0 aliphatic rings. The molecule has 3 N–H and O–H groups in total. The van der Waals surface area contributed by atoms with Gasteiger partial charge in [0.25, 0.3) is 0 Å². The summed E-state index contributed by atoms with van der Waals surface area (Å²) < 4.78 is 0.967. The van der Waals surface area contributed by atoms with Crippen LogP contribution in [0.4, 0.5) is 0 Å². The lowest BCUT2D eigenvalue weighted by atomic mass is 10.2. The number of nitrogens with zero attached hydrogens (tertiary/aromatic N) is 2. The number of hydrogen-bond donors (Lipinski definition) is 2. The maximum absolute atomic E-state index is 10.9. The summed E-state index contributed by atoms with van der Waals surface area (Å²) in [4.78, 5) is 25.7. The van der Waals surface area contributed by atoms with Crippen LogP contribution in [-0.2, 0) is 9.59 Å². The van der Waals surface area contributed by atoms with Crippen molar-refractivity contribution < 1.29 is 9.59 Å². The van der Waals surface area contributed by atoms with Crippen LogP contribution in [0.5, 0.6) is 0 Å². The molecule has 0 spiro atoms. The molecule has 0 saturated heterocycles. The van der Waals surface area contributed by atoms with Gasteiger partial charge in [-0.25, -0.2) is 10.4 Å². The molecule has 0 radical (unpaired) electrons. The predicted octanol–water partition coefficient (Wildman–Crippen LogP) is 1.51. The van der Waals surface area contributed by atoms with Crippen molar-refractivity contribution in [2.75, 3.05) is 0 Å². The van der Waals surface area contributed by atoms with Gasteiger partial charge in [0.1, 0.15) is 5.01 Å². The molecule has 0 fully saturated rings. The van der Waals surface area contributed by atoms with Gasteiger partial charge in [0.15, 0.2) is 0 Å². The molecule has 1 aromatic heterocycles. The number of benzene rings is 1. The summed E-state index contributed by atoms with van der Waals surface area (Å²) >= 11 is 4.85. The van der Waals surface area contributed by atoms with Gasteiger partial charge in [-0.1, -0.05) is 28.1 Å². The molecule has 2 amide bonds. The smallest absolute Gasteiger partial charge is 0.329 e. The second kappa shape index (κ2) is 6.40. The number of nitrogens with two attached hydrogens (primary N) is 1. The van der Waals surface area contributed by atoms with Crippen molar-refractivity contribution in [3.8, 4) is 10.6 Å². The van der Waals surface area contributed by atoms with Gasteiger partial charge in [0.2, 0.25) is 0 Å². The van der Waals surface area contributed by atoms with Crippen molar-refractivity contribution in [3.05, 3.63) is 39.8 Å². The Kier molecular flexibility index (Phi) is 4.59. The summed E-state index contributed by atoms with van der Waals surface area (Å²) in [6.45, 7) is 0. The standard InChI is InChI=1S/C12H9BrN4O2S/c13-8-3-1-2-7(4-8)12-16-9(6-20-12)5-15-17-11(19)10(14)18/h1-6H,(H2,14,18)(H,17,19)/b15-5-. The number of amides is 2. The first-order chi connectivity index (χ1) is 9.56. The molecule has 1 heterocycles. The lowest BCUT2D eigenvalue weighted by Crippen LogP contribution is -2.32. The topological polar surface area (TPSA) is 97.4 Å². The molecule has 8 heteroatoms. The zero-order valence-electron chi connectivity index (χ0n) is 10.0. The summed E-state index contributed by atoms with van der Waals surface area (Å²) in [6, 6.07) is 7.74. The Morgan fingerprint density at radius 2 is 2.25 bits per heavy atom. The average molecular weight is 353 g/mol. The number of carbonyl (C=O) groups excluding carboxylic acids is 2.